The van der Waals surface area contributed by atoms with Gasteiger partial charge in [-0.2, -0.15) is 0 Å². The molecule has 7 nitrogen and oxygen atoms in total. The average molecular weight is 530 g/mol. The van der Waals surface area contributed by atoms with E-state index < -0.39 is 0 Å². The number of carbonyl (C=O) groups excluding carboxylic acids is 2. The molecule has 38 heavy (non-hydrogen) atoms. The van der Waals surface area contributed by atoms with Gasteiger partial charge in [0.15, 0.2) is 0 Å². The maximum atomic E-state index is 13.5. The summed E-state index contributed by atoms with van der Waals surface area (Å²) in [6.45, 7) is 2.16. The second kappa shape index (κ2) is 11.6. The van der Waals surface area contributed by atoms with Gasteiger partial charge >= 0.3 is 5.91 Å². The Morgan fingerprint density at radius 3 is 2.05 bits per heavy atom. The average Bonchev–Trinajstić information content (AvgIpc) is 3.81. The van der Waals surface area contributed by atoms with E-state index in [-0.39, 0.29) is 23.5 Å². The van der Waals surface area contributed by atoms with Gasteiger partial charge in [-0.05, 0) is 48.2 Å². The highest BCUT2D eigenvalue weighted by Crippen LogP contribution is 2.31. The minimum atomic E-state index is -0.352. The van der Waals surface area contributed by atoms with Crippen LogP contribution in [0.1, 0.15) is 12.8 Å². The van der Waals surface area contributed by atoms with E-state index in [2.05, 4.69) is 0 Å². The van der Waals surface area contributed by atoms with E-state index in [1.165, 1.54) is 11.5 Å². The highest BCUT2D eigenvalue weighted by atomic mass is 35.5. The van der Waals surface area contributed by atoms with Gasteiger partial charge in [0.05, 0.1) is 0 Å². The molecule has 1 aliphatic heterocycles. The molecule has 3 aromatic rings. The van der Waals surface area contributed by atoms with Crippen molar-refractivity contribution >= 4 is 35.3 Å². The first-order chi connectivity index (χ1) is 18.5. The number of allylic oxidation sites excluding steroid dienone is 1. The van der Waals surface area contributed by atoms with Crippen LogP contribution in [0.2, 0.25) is 5.02 Å². The van der Waals surface area contributed by atoms with Crippen LogP contribution in [0.25, 0.3) is 11.1 Å². The molecule has 1 aliphatic carbocycles. The van der Waals surface area contributed by atoms with Crippen LogP contribution >= 0.6 is 11.6 Å². The predicted octanol–water partition coefficient (Wildman–Crippen LogP) is 4.22. The van der Waals surface area contributed by atoms with Crippen molar-refractivity contribution in [2.24, 2.45) is 5.92 Å². The van der Waals surface area contributed by atoms with Gasteiger partial charge in [0.1, 0.15) is 17.1 Å². The summed E-state index contributed by atoms with van der Waals surface area (Å²) in [5.41, 5.74) is 3.20. The van der Waals surface area contributed by atoms with Crippen molar-refractivity contribution < 1.29 is 19.6 Å². The molecule has 194 valence electrons. The zero-order valence-corrected chi connectivity index (χ0v) is 21.7. The van der Waals surface area contributed by atoms with Gasteiger partial charge in [-0.3, -0.25) is 4.79 Å². The molecule has 3 aromatic carbocycles. The van der Waals surface area contributed by atoms with Gasteiger partial charge in [-0.15, -0.1) is 0 Å². The summed E-state index contributed by atoms with van der Waals surface area (Å²) in [4.78, 5) is 29.9. The Morgan fingerprint density at radius 1 is 0.842 bits per heavy atom. The quantitative estimate of drug-likeness (QED) is 0.198. The van der Waals surface area contributed by atoms with Crippen molar-refractivity contribution in [1.82, 2.24) is 9.80 Å². The summed E-state index contributed by atoms with van der Waals surface area (Å²) < 4.78 is 6.19. The summed E-state index contributed by atoms with van der Waals surface area (Å²) >= 11 is 6.01. The predicted molar refractivity (Wildman–Crippen MR) is 147 cm³/mol. The van der Waals surface area contributed by atoms with Crippen molar-refractivity contribution in [2.45, 2.75) is 12.8 Å². The second-order valence-corrected chi connectivity index (χ2v) is 9.93. The molecule has 2 amide bonds. The van der Waals surface area contributed by atoms with E-state index in [1.807, 2.05) is 64.4 Å². The number of hydrogen-bond donors (Lipinski definition) is 2. The van der Waals surface area contributed by atoms with Crippen LogP contribution in [0.4, 0.5) is 5.69 Å². The SMILES string of the molecule is N=C/C(=C(/Oc1ccc(-c2ccccc2)cc1)C(=O)[NH2+]c1ccc(Cl)cc1)N1CCN(C(=O)C2CC2)CC1. The lowest BCUT2D eigenvalue weighted by atomic mass is 10.1. The lowest BCUT2D eigenvalue weighted by molar-refractivity contribution is -0.481. The van der Waals surface area contributed by atoms with Crippen LogP contribution in [-0.4, -0.2) is 54.0 Å². The molecule has 1 heterocycles. The Bertz CT molecular complexity index is 1330. The number of hydrogen-bond acceptors (Lipinski definition) is 5. The molecule has 0 bridgehead atoms. The maximum absolute atomic E-state index is 13.5. The number of nitrogens with two attached hydrogens (primary N) is 1. The zero-order chi connectivity index (χ0) is 26.5. The van der Waals surface area contributed by atoms with E-state index in [4.69, 9.17) is 21.7 Å². The Hall–Kier alpha value is -3.94. The molecule has 2 aliphatic rings. The summed E-state index contributed by atoms with van der Waals surface area (Å²) in [5, 5.41) is 10.3. The van der Waals surface area contributed by atoms with E-state index in [0.717, 1.165) is 24.0 Å². The molecular formula is C30H30ClN4O3+. The topological polar surface area (TPSA) is 90.3 Å². The Labute approximate surface area is 227 Å². The molecule has 5 rings (SSSR count). The number of piperazine rings is 1. The van der Waals surface area contributed by atoms with Crippen LogP contribution in [0.5, 0.6) is 5.75 Å². The number of nitrogens with zero attached hydrogens (tertiary/aromatic N) is 2. The fourth-order valence-electron chi connectivity index (χ4n) is 4.53. The zero-order valence-electron chi connectivity index (χ0n) is 21.0. The summed E-state index contributed by atoms with van der Waals surface area (Å²) in [7, 11) is 0. The first-order valence-electron chi connectivity index (χ1n) is 12.8. The van der Waals surface area contributed by atoms with Gasteiger partial charge in [0, 0.05) is 55.5 Å². The van der Waals surface area contributed by atoms with E-state index in [0.29, 0.717) is 48.3 Å². The molecule has 0 aromatic heterocycles. The van der Waals surface area contributed by atoms with Crippen LogP contribution < -0.4 is 10.1 Å². The number of nitrogens with one attached hydrogen (secondary N) is 1. The first kappa shape index (κ1) is 25.7. The lowest BCUT2D eigenvalue weighted by Gasteiger charge is -2.36. The second-order valence-electron chi connectivity index (χ2n) is 9.50. The van der Waals surface area contributed by atoms with Crippen LogP contribution in [0.15, 0.2) is 90.3 Å². The third-order valence-corrected chi connectivity index (χ3v) is 7.05. The van der Waals surface area contributed by atoms with Crippen LogP contribution in [0.3, 0.4) is 0 Å². The summed E-state index contributed by atoms with van der Waals surface area (Å²) in [6.07, 6.45) is 3.11. The Balaban J connectivity index is 1.39. The number of amides is 2. The van der Waals surface area contributed by atoms with E-state index >= 15 is 0 Å². The molecule has 0 unspecified atom stereocenters. The van der Waals surface area contributed by atoms with E-state index in [9.17, 15) is 9.59 Å². The number of ether oxygens (including phenoxy) is 1. The Morgan fingerprint density at radius 2 is 1.45 bits per heavy atom. The fraction of sp³-hybridized carbons (Fsp3) is 0.233. The highest BCUT2D eigenvalue weighted by molar-refractivity contribution is 6.30. The number of carbonyl (C=O) groups is 2. The number of primary amides is 1. The molecule has 1 saturated carbocycles. The van der Waals surface area contributed by atoms with Crippen LogP contribution in [-0.2, 0) is 9.59 Å². The van der Waals surface area contributed by atoms with Gasteiger partial charge in [0.25, 0.3) is 5.76 Å². The molecule has 0 radical (unpaired) electrons. The van der Waals surface area contributed by atoms with Crippen molar-refractivity contribution in [3.63, 3.8) is 0 Å². The Kier molecular flexibility index (Phi) is 7.86. The third kappa shape index (κ3) is 6.13. The summed E-state index contributed by atoms with van der Waals surface area (Å²) in [6, 6.07) is 24.5. The summed E-state index contributed by atoms with van der Waals surface area (Å²) in [5.74, 6) is 0.609. The van der Waals surface area contributed by atoms with Crippen molar-refractivity contribution in [1.29, 1.82) is 5.41 Å². The number of benzene rings is 3. The third-order valence-electron chi connectivity index (χ3n) is 6.80. The van der Waals surface area contributed by atoms with Gasteiger partial charge in [-0.25, -0.2) is 10.1 Å². The molecule has 3 N–H and O–H groups in total. The largest absolute Gasteiger partial charge is 0.446 e. The molecule has 1 saturated heterocycles. The number of halogens is 1. The van der Waals surface area contributed by atoms with Gasteiger partial charge in [-0.1, -0.05) is 54.1 Å². The first-order valence-corrected chi connectivity index (χ1v) is 13.2. The normalized spacial score (nSPS) is 16.0. The lowest BCUT2D eigenvalue weighted by Crippen LogP contribution is -2.83. The van der Waals surface area contributed by atoms with Crippen molar-refractivity contribution in [2.75, 3.05) is 26.2 Å². The highest BCUT2D eigenvalue weighted by Gasteiger charge is 2.35. The standard InChI is InChI=1S/C30H29ClN4O3/c31-24-10-12-25(13-11-24)33-29(36)28(38-26-14-8-22(9-15-26)21-4-2-1-3-5-21)27(20-32)34-16-18-35(19-17-34)30(37)23-6-7-23/h1-5,8-15,20,23,32H,6-7,16-19H2,(H,33,36)/p+1/b28-27-,32-20?. The number of quaternary nitrogens is 1. The van der Waals surface area contributed by atoms with Crippen LogP contribution in [0, 0.1) is 11.3 Å². The molecular weight excluding hydrogens is 500 g/mol. The number of rotatable bonds is 8. The fourth-order valence-corrected chi connectivity index (χ4v) is 4.65. The molecule has 0 atom stereocenters. The van der Waals surface area contributed by atoms with Crippen molar-refractivity contribution in [3.8, 4) is 16.9 Å². The minimum Gasteiger partial charge on any atom is -0.446 e. The molecule has 2 fully saturated rings. The smallest absolute Gasteiger partial charge is 0.385 e. The van der Waals surface area contributed by atoms with E-state index in [1.54, 1.807) is 24.3 Å². The minimum absolute atomic E-state index is 0.0735. The molecule has 8 heteroatoms. The van der Waals surface area contributed by atoms with Crippen molar-refractivity contribution in [3.05, 3.63) is 95.3 Å². The maximum Gasteiger partial charge on any atom is 0.385 e. The monoisotopic (exact) mass is 529 g/mol. The molecule has 0 spiro atoms. The van der Waals surface area contributed by atoms with Gasteiger partial charge in [0.2, 0.25) is 5.91 Å². The van der Waals surface area contributed by atoms with Gasteiger partial charge < -0.3 is 19.9 Å².